The number of hydrogen-bond donors (Lipinski definition) is 0. The number of nitrogens with zero attached hydrogens (tertiary/aromatic N) is 6. The number of carbonyl (C=O) groups is 1. The van der Waals surface area contributed by atoms with Crippen molar-refractivity contribution in [1.82, 2.24) is 29.0 Å². The van der Waals surface area contributed by atoms with Gasteiger partial charge in [-0.25, -0.2) is 4.57 Å². The largest absolute Gasteiger partial charge is 0.339 e. The van der Waals surface area contributed by atoms with Gasteiger partial charge in [0.15, 0.2) is 5.16 Å². The molecule has 8 nitrogen and oxygen atoms in total. The average Bonchev–Trinajstić information content (AvgIpc) is 3.28. The number of benzene rings is 2. The van der Waals surface area contributed by atoms with Gasteiger partial charge in [-0.1, -0.05) is 48.5 Å². The molecule has 2 aromatic carbocycles. The Morgan fingerprint density at radius 2 is 1.80 bits per heavy atom. The summed E-state index contributed by atoms with van der Waals surface area (Å²) in [4.78, 5) is 31.1. The minimum Gasteiger partial charge on any atom is -0.339 e. The first-order valence-electron chi connectivity index (χ1n) is 12.0. The Kier molecular flexibility index (Phi) is 6.37. The van der Waals surface area contributed by atoms with E-state index in [2.05, 4.69) is 28.1 Å². The van der Waals surface area contributed by atoms with Crippen LogP contribution in [0.4, 0.5) is 0 Å². The van der Waals surface area contributed by atoms with E-state index in [-0.39, 0.29) is 16.7 Å². The highest BCUT2D eigenvalue weighted by atomic mass is 32.2. The predicted octanol–water partition coefficient (Wildman–Crippen LogP) is 3.29. The minimum atomic E-state index is -0.323. The lowest BCUT2D eigenvalue weighted by molar-refractivity contribution is -0.132. The van der Waals surface area contributed by atoms with Crippen LogP contribution in [0, 0.1) is 13.8 Å². The van der Waals surface area contributed by atoms with Gasteiger partial charge < -0.3 is 9.80 Å². The lowest BCUT2D eigenvalue weighted by Gasteiger charge is -2.35. The molecule has 0 spiro atoms. The maximum atomic E-state index is 13.6. The topological polar surface area (TPSA) is 75.7 Å². The maximum absolute atomic E-state index is 13.6. The molecule has 0 saturated carbocycles. The van der Waals surface area contributed by atoms with Crippen molar-refractivity contribution < 1.29 is 4.79 Å². The van der Waals surface area contributed by atoms with E-state index in [1.54, 1.807) is 4.57 Å². The molecule has 0 aliphatic carbocycles. The van der Waals surface area contributed by atoms with Crippen LogP contribution in [0.5, 0.6) is 0 Å². The number of likely N-dealkylation sites (N-methyl/N-ethyl adjacent to an activating group) is 1. The SMILES string of the molecule is CCN1CCN(C(=O)[C@H](C)Sc2nnc3n(-c4ccc(C)cc4C)c(=O)c4ccccc4n23)CC1. The highest BCUT2D eigenvalue weighted by Gasteiger charge is 2.27. The Hall–Kier alpha value is -3.17. The number of fused-ring (bicyclic) bond motifs is 3. The van der Waals surface area contributed by atoms with Crippen LogP contribution >= 0.6 is 11.8 Å². The van der Waals surface area contributed by atoms with Crippen LogP contribution in [0.3, 0.4) is 0 Å². The van der Waals surface area contributed by atoms with Crippen LogP contribution in [0.15, 0.2) is 52.4 Å². The van der Waals surface area contributed by atoms with Gasteiger partial charge in [-0.05, 0) is 51.1 Å². The molecular formula is C26H30N6O2S. The van der Waals surface area contributed by atoms with Gasteiger partial charge in [0, 0.05) is 26.2 Å². The van der Waals surface area contributed by atoms with E-state index in [0.29, 0.717) is 16.3 Å². The molecule has 3 heterocycles. The summed E-state index contributed by atoms with van der Waals surface area (Å²) >= 11 is 1.39. The summed E-state index contributed by atoms with van der Waals surface area (Å²) < 4.78 is 3.53. The van der Waals surface area contributed by atoms with E-state index >= 15 is 0 Å². The molecular weight excluding hydrogens is 460 g/mol. The van der Waals surface area contributed by atoms with Crippen LogP contribution in [-0.2, 0) is 4.79 Å². The smallest absolute Gasteiger partial charge is 0.267 e. The summed E-state index contributed by atoms with van der Waals surface area (Å²) in [7, 11) is 0. The summed E-state index contributed by atoms with van der Waals surface area (Å²) in [6.45, 7) is 12.4. The summed E-state index contributed by atoms with van der Waals surface area (Å²) in [6, 6.07) is 13.5. The first kappa shape index (κ1) is 23.6. The Balaban J connectivity index is 1.57. The number of piperazine rings is 1. The molecule has 5 rings (SSSR count). The molecule has 1 saturated heterocycles. The second kappa shape index (κ2) is 9.47. The molecule has 1 fully saturated rings. The Morgan fingerprint density at radius 1 is 1.06 bits per heavy atom. The van der Waals surface area contributed by atoms with Gasteiger partial charge in [-0.15, -0.1) is 10.2 Å². The number of hydrogen-bond acceptors (Lipinski definition) is 6. The lowest BCUT2D eigenvalue weighted by atomic mass is 10.1. The van der Waals surface area contributed by atoms with E-state index in [0.717, 1.165) is 55.1 Å². The van der Waals surface area contributed by atoms with Crippen molar-refractivity contribution in [3.8, 4) is 5.69 Å². The van der Waals surface area contributed by atoms with Crippen LogP contribution in [0.1, 0.15) is 25.0 Å². The van der Waals surface area contributed by atoms with Crippen molar-refractivity contribution in [1.29, 1.82) is 0 Å². The van der Waals surface area contributed by atoms with Crippen LogP contribution < -0.4 is 5.56 Å². The van der Waals surface area contributed by atoms with Gasteiger partial charge in [0.2, 0.25) is 11.7 Å². The predicted molar refractivity (Wildman–Crippen MR) is 140 cm³/mol. The molecule has 1 aliphatic heterocycles. The van der Waals surface area contributed by atoms with Gasteiger partial charge in [0.1, 0.15) is 0 Å². The highest BCUT2D eigenvalue weighted by molar-refractivity contribution is 8.00. The van der Waals surface area contributed by atoms with Crippen molar-refractivity contribution in [3.05, 3.63) is 63.9 Å². The Labute approximate surface area is 208 Å². The summed E-state index contributed by atoms with van der Waals surface area (Å²) in [5, 5.41) is 9.75. The molecule has 0 unspecified atom stereocenters. The number of thioether (sulfide) groups is 1. The summed E-state index contributed by atoms with van der Waals surface area (Å²) in [5.41, 5.74) is 3.48. The molecule has 0 N–H and O–H groups in total. The molecule has 0 radical (unpaired) electrons. The van der Waals surface area contributed by atoms with Gasteiger partial charge in [0.05, 0.1) is 21.8 Å². The molecule has 35 heavy (non-hydrogen) atoms. The molecule has 0 bridgehead atoms. The van der Waals surface area contributed by atoms with Crippen molar-refractivity contribution in [2.45, 2.75) is 38.1 Å². The Bertz CT molecular complexity index is 1470. The highest BCUT2D eigenvalue weighted by Crippen LogP contribution is 2.28. The first-order chi connectivity index (χ1) is 16.9. The van der Waals surface area contributed by atoms with Crippen LogP contribution in [0.2, 0.25) is 0 Å². The van der Waals surface area contributed by atoms with E-state index in [1.807, 2.05) is 66.5 Å². The van der Waals surface area contributed by atoms with Crippen molar-refractivity contribution in [3.63, 3.8) is 0 Å². The third kappa shape index (κ3) is 4.23. The molecule has 1 atom stereocenters. The lowest BCUT2D eigenvalue weighted by Crippen LogP contribution is -2.50. The fraction of sp³-hybridized carbons (Fsp3) is 0.385. The molecule has 1 amide bonds. The number of aryl methyl sites for hydroxylation is 2. The van der Waals surface area contributed by atoms with E-state index in [9.17, 15) is 9.59 Å². The van der Waals surface area contributed by atoms with Crippen LogP contribution in [-0.4, -0.2) is 72.8 Å². The first-order valence-corrected chi connectivity index (χ1v) is 12.9. The number of carbonyl (C=O) groups excluding carboxylic acids is 1. The summed E-state index contributed by atoms with van der Waals surface area (Å²) in [5.74, 6) is 0.550. The van der Waals surface area contributed by atoms with Crippen molar-refractivity contribution >= 4 is 34.3 Å². The zero-order valence-electron chi connectivity index (χ0n) is 20.6. The van der Waals surface area contributed by atoms with E-state index < -0.39 is 0 Å². The molecule has 9 heteroatoms. The minimum absolute atomic E-state index is 0.106. The maximum Gasteiger partial charge on any atom is 0.267 e. The third-order valence-electron chi connectivity index (χ3n) is 6.75. The normalized spacial score (nSPS) is 15.7. The van der Waals surface area contributed by atoms with Gasteiger partial charge in [0.25, 0.3) is 5.56 Å². The van der Waals surface area contributed by atoms with Gasteiger partial charge in [-0.2, -0.15) is 0 Å². The molecule has 2 aromatic heterocycles. The van der Waals surface area contributed by atoms with E-state index in [4.69, 9.17) is 0 Å². The number of aromatic nitrogens is 4. The van der Waals surface area contributed by atoms with Crippen molar-refractivity contribution in [2.75, 3.05) is 32.7 Å². The van der Waals surface area contributed by atoms with E-state index in [1.165, 1.54) is 11.8 Å². The number of amides is 1. The Morgan fingerprint density at radius 3 is 2.51 bits per heavy atom. The quantitative estimate of drug-likeness (QED) is 0.400. The fourth-order valence-corrected chi connectivity index (χ4v) is 5.72. The standard InChI is InChI=1S/C26H30N6O2S/c1-5-29-12-14-30(15-13-29)23(33)19(4)35-26-28-27-25-31(21-11-10-17(2)16-18(21)3)24(34)20-8-6-7-9-22(20)32(25)26/h6-11,16,19H,5,12-15H2,1-4H3/t19-/m0/s1. The summed E-state index contributed by atoms with van der Waals surface area (Å²) in [6.07, 6.45) is 0. The molecule has 182 valence electrons. The number of rotatable bonds is 5. The average molecular weight is 491 g/mol. The van der Waals surface area contributed by atoms with Gasteiger partial charge >= 0.3 is 0 Å². The second-order valence-corrected chi connectivity index (χ2v) is 10.4. The van der Waals surface area contributed by atoms with Gasteiger partial charge in [-0.3, -0.25) is 14.0 Å². The molecule has 4 aromatic rings. The second-order valence-electron chi connectivity index (χ2n) is 9.09. The fourth-order valence-electron chi connectivity index (χ4n) is 4.78. The molecule has 1 aliphatic rings. The van der Waals surface area contributed by atoms with Crippen LogP contribution in [0.25, 0.3) is 22.4 Å². The number of para-hydroxylation sites is 1. The zero-order valence-corrected chi connectivity index (χ0v) is 21.4. The zero-order chi connectivity index (χ0) is 24.7. The van der Waals surface area contributed by atoms with Crippen molar-refractivity contribution in [2.24, 2.45) is 0 Å². The monoisotopic (exact) mass is 490 g/mol. The third-order valence-corrected chi connectivity index (χ3v) is 7.78.